The molecule has 0 radical (unpaired) electrons. The van der Waals surface area contributed by atoms with Gasteiger partial charge in [-0.2, -0.15) is 0 Å². The fourth-order valence-electron chi connectivity index (χ4n) is 1.86. The van der Waals surface area contributed by atoms with E-state index >= 15 is 0 Å². The summed E-state index contributed by atoms with van der Waals surface area (Å²) in [5.41, 5.74) is 2.99. The highest BCUT2D eigenvalue weighted by molar-refractivity contribution is 5.68. The van der Waals surface area contributed by atoms with Gasteiger partial charge in [-0.25, -0.2) is 4.98 Å². The Hall–Kier alpha value is -2.43. The van der Waals surface area contributed by atoms with Crippen molar-refractivity contribution in [3.8, 4) is 17.0 Å². The lowest BCUT2D eigenvalue weighted by Gasteiger charge is -2.09. The van der Waals surface area contributed by atoms with Crippen molar-refractivity contribution >= 4 is 5.97 Å². The third kappa shape index (κ3) is 4.27. The van der Waals surface area contributed by atoms with Crippen molar-refractivity contribution in [2.24, 2.45) is 0 Å². The zero-order valence-electron chi connectivity index (χ0n) is 12.2. The van der Waals surface area contributed by atoms with Crippen LogP contribution in [-0.2, 0) is 9.53 Å². The van der Waals surface area contributed by atoms with Crippen LogP contribution in [0.4, 0.5) is 0 Å². The summed E-state index contributed by atoms with van der Waals surface area (Å²) in [6.45, 7) is 4.22. The molecule has 0 saturated heterocycles. The summed E-state index contributed by atoms with van der Waals surface area (Å²) in [6.07, 6.45) is 3.88. The molecule has 5 heteroatoms. The van der Waals surface area contributed by atoms with E-state index in [0.29, 0.717) is 18.9 Å². The molecule has 5 nitrogen and oxygen atoms in total. The summed E-state index contributed by atoms with van der Waals surface area (Å²) in [7, 11) is 0. The molecular formula is C16H18N2O3. The number of aryl methyl sites for hydroxylation is 1. The number of rotatable bonds is 6. The van der Waals surface area contributed by atoms with E-state index in [1.54, 1.807) is 19.3 Å². The monoisotopic (exact) mass is 286 g/mol. The number of aromatic nitrogens is 2. The Morgan fingerprint density at radius 2 is 1.90 bits per heavy atom. The van der Waals surface area contributed by atoms with Gasteiger partial charge in [0, 0.05) is 36.1 Å². The maximum Gasteiger partial charge on any atom is 0.305 e. The summed E-state index contributed by atoms with van der Waals surface area (Å²) < 4.78 is 10.4. The molecule has 2 rings (SSSR count). The second-order valence-electron chi connectivity index (χ2n) is 4.44. The Morgan fingerprint density at radius 1 is 1.14 bits per heavy atom. The molecule has 0 bridgehead atoms. The van der Waals surface area contributed by atoms with E-state index < -0.39 is 0 Å². The Bertz CT molecular complexity index is 600. The molecule has 0 amide bonds. The Morgan fingerprint density at radius 3 is 2.57 bits per heavy atom. The van der Waals surface area contributed by atoms with Gasteiger partial charge in [-0.05, 0) is 30.7 Å². The van der Waals surface area contributed by atoms with Gasteiger partial charge in [0.1, 0.15) is 13.2 Å². The predicted molar refractivity (Wildman–Crippen MR) is 79.0 cm³/mol. The van der Waals surface area contributed by atoms with Gasteiger partial charge in [0.25, 0.3) is 0 Å². The van der Waals surface area contributed by atoms with E-state index in [1.165, 1.54) is 0 Å². The molecule has 0 aromatic carbocycles. The second-order valence-corrected chi connectivity index (χ2v) is 4.44. The van der Waals surface area contributed by atoms with Gasteiger partial charge in [-0.3, -0.25) is 9.78 Å². The maximum absolute atomic E-state index is 11.0. The number of nitrogens with zero attached hydrogens (tertiary/aromatic N) is 2. The minimum Gasteiger partial charge on any atom is -0.474 e. The van der Waals surface area contributed by atoms with Crippen molar-refractivity contribution < 1.29 is 14.3 Å². The molecule has 0 saturated carbocycles. The van der Waals surface area contributed by atoms with Crippen LogP contribution in [0.15, 0.2) is 36.7 Å². The first-order valence-corrected chi connectivity index (χ1v) is 6.87. The van der Waals surface area contributed by atoms with E-state index in [-0.39, 0.29) is 12.6 Å². The third-order valence-electron chi connectivity index (χ3n) is 2.94. The first-order chi connectivity index (χ1) is 10.2. The van der Waals surface area contributed by atoms with Gasteiger partial charge in [-0.15, -0.1) is 0 Å². The molecule has 2 aromatic rings. The number of ether oxygens (including phenoxy) is 2. The van der Waals surface area contributed by atoms with Crippen molar-refractivity contribution in [1.82, 2.24) is 9.97 Å². The minimum atomic E-state index is -0.226. The highest BCUT2D eigenvalue weighted by atomic mass is 16.6. The number of hydrogen-bond donors (Lipinski definition) is 0. The fraction of sp³-hybridized carbons (Fsp3) is 0.312. The Balaban J connectivity index is 1.95. The highest BCUT2D eigenvalue weighted by Crippen LogP contribution is 2.23. The van der Waals surface area contributed by atoms with E-state index in [1.807, 2.05) is 31.2 Å². The summed E-state index contributed by atoms with van der Waals surface area (Å²) in [4.78, 5) is 19.4. The molecule has 0 aliphatic carbocycles. The molecule has 0 spiro atoms. The molecule has 0 fully saturated rings. The summed E-state index contributed by atoms with van der Waals surface area (Å²) >= 11 is 0. The van der Waals surface area contributed by atoms with Crippen LogP contribution in [0.1, 0.15) is 19.0 Å². The molecule has 2 heterocycles. The van der Waals surface area contributed by atoms with Crippen molar-refractivity contribution in [2.75, 3.05) is 13.2 Å². The average molecular weight is 286 g/mol. The lowest BCUT2D eigenvalue weighted by molar-refractivity contribution is -0.143. The number of carbonyl (C=O) groups excluding carboxylic acids is 1. The number of hydrogen-bond acceptors (Lipinski definition) is 5. The topological polar surface area (TPSA) is 61.3 Å². The van der Waals surface area contributed by atoms with Crippen LogP contribution in [0.5, 0.6) is 5.88 Å². The van der Waals surface area contributed by atoms with Gasteiger partial charge in [0.15, 0.2) is 0 Å². The van der Waals surface area contributed by atoms with E-state index in [2.05, 4.69) is 9.97 Å². The number of pyridine rings is 2. The molecule has 0 N–H and O–H groups in total. The first kappa shape index (κ1) is 15.0. The summed E-state index contributed by atoms with van der Waals surface area (Å²) in [6, 6.07) is 7.65. The van der Waals surface area contributed by atoms with Gasteiger partial charge >= 0.3 is 5.97 Å². The minimum absolute atomic E-state index is 0.226. The highest BCUT2D eigenvalue weighted by Gasteiger charge is 2.05. The van der Waals surface area contributed by atoms with Gasteiger partial charge in [-0.1, -0.05) is 6.92 Å². The summed E-state index contributed by atoms with van der Waals surface area (Å²) in [5.74, 6) is 0.300. The standard InChI is InChI=1S/C16H18N2O3/c1-3-16(19)21-11-10-20-15-5-4-14(12(2)18-15)13-6-8-17-9-7-13/h4-9H,3,10-11H2,1-2H3. The van der Waals surface area contributed by atoms with E-state index in [9.17, 15) is 4.79 Å². The van der Waals surface area contributed by atoms with E-state index in [4.69, 9.17) is 9.47 Å². The largest absolute Gasteiger partial charge is 0.474 e. The smallest absolute Gasteiger partial charge is 0.305 e. The van der Waals surface area contributed by atoms with Crippen molar-refractivity contribution in [3.63, 3.8) is 0 Å². The molecule has 0 aliphatic rings. The van der Waals surface area contributed by atoms with Crippen molar-refractivity contribution in [1.29, 1.82) is 0 Å². The predicted octanol–water partition coefficient (Wildman–Crippen LogP) is 2.78. The quantitative estimate of drug-likeness (QED) is 0.603. The Kier molecular flexibility index (Phi) is 5.26. The van der Waals surface area contributed by atoms with Crippen LogP contribution in [0, 0.1) is 6.92 Å². The molecule has 21 heavy (non-hydrogen) atoms. The average Bonchev–Trinajstić information content (AvgIpc) is 2.52. The normalized spacial score (nSPS) is 10.2. The second kappa shape index (κ2) is 7.38. The SMILES string of the molecule is CCC(=O)OCCOc1ccc(-c2ccncc2)c(C)n1. The van der Waals surface area contributed by atoms with Crippen LogP contribution >= 0.6 is 0 Å². The zero-order chi connectivity index (χ0) is 15.1. The lowest BCUT2D eigenvalue weighted by atomic mass is 10.1. The molecule has 0 atom stereocenters. The maximum atomic E-state index is 11.0. The Labute approximate surface area is 124 Å². The van der Waals surface area contributed by atoms with Crippen LogP contribution in [0.3, 0.4) is 0 Å². The van der Waals surface area contributed by atoms with Crippen LogP contribution < -0.4 is 4.74 Å². The molecule has 0 unspecified atom stereocenters. The van der Waals surface area contributed by atoms with Crippen molar-refractivity contribution in [3.05, 3.63) is 42.4 Å². The number of esters is 1. The van der Waals surface area contributed by atoms with Crippen LogP contribution in [-0.4, -0.2) is 29.2 Å². The summed E-state index contributed by atoms with van der Waals surface area (Å²) in [5, 5.41) is 0. The van der Waals surface area contributed by atoms with E-state index in [0.717, 1.165) is 16.8 Å². The molecule has 110 valence electrons. The molecule has 2 aromatic heterocycles. The third-order valence-corrected chi connectivity index (χ3v) is 2.94. The molecule has 0 aliphatic heterocycles. The first-order valence-electron chi connectivity index (χ1n) is 6.87. The fourth-order valence-corrected chi connectivity index (χ4v) is 1.86. The van der Waals surface area contributed by atoms with Crippen LogP contribution in [0.25, 0.3) is 11.1 Å². The van der Waals surface area contributed by atoms with Gasteiger partial charge < -0.3 is 9.47 Å². The lowest BCUT2D eigenvalue weighted by Crippen LogP contribution is -2.11. The van der Waals surface area contributed by atoms with Crippen molar-refractivity contribution in [2.45, 2.75) is 20.3 Å². The molecular weight excluding hydrogens is 268 g/mol. The van der Waals surface area contributed by atoms with Gasteiger partial charge in [0.2, 0.25) is 5.88 Å². The van der Waals surface area contributed by atoms with Crippen LogP contribution in [0.2, 0.25) is 0 Å². The zero-order valence-corrected chi connectivity index (χ0v) is 12.2. The number of carbonyl (C=O) groups is 1. The van der Waals surface area contributed by atoms with Gasteiger partial charge in [0.05, 0.1) is 0 Å².